The van der Waals surface area contributed by atoms with Gasteiger partial charge in [0.25, 0.3) is 0 Å². The summed E-state index contributed by atoms with van der Waals surface area (Å²) in [5.74, 6) is -13.4. The molecule has 0 aliphatic carbocycles. The van der Waals surface area contributed by atoms with Crippen LogP contribution < -0.4 is 0 Å². The molecule has 1 N–H and O–H groups in total. The summed E-state index contributed by atoms with van der Waals surface area (Å²) < 4.78 is 153. The SMILES string of the molecule is CC[N+](CC)(CC)CC.O=S(=O)(O)C(F)(F)C(F)(F)C(F)(F)C(F)CCC(F)(F)F. The smallest absolute Gasteiger partial charge is 0.325 e. The summed E-state index contributed by atoms with van der Waals surface area (Å²) >= 11 is 0. The third-order valence-corrected chi connectivity index (χ3v) is 5.77. The minimum atomic E-state index is -7.07. The van der Waals surface area contributed by atoms with Crippen molar-refractivity contribution < 1.29 is 61.4 Å². The molecule has 184 valence electrons. The Morgan fingerprint density at radius 3 is 1.33 bits per heavy atom. The van der Waals surface area contributed by atoms with Crippen LogP contribution in [0.3, 0.4) is 0 Å². The molecular formula is C15H26F10NO3S+. The number of hydrogen-bond donors (Lipinski definition) is 1. The van der Waals surface area contributed by atoms with Gasteiger partial charge < -0.3 is 4.48 Å². The Morgan fingerprint density at radius 2 is 1.13 bits per heavy atom. The van der Waals surface area contributed by atoms with Gasteiger partial charge in [-0.15, -0.1) is 0 Å². The van der Waals surface area contributed by atoms with E-state index < -0.39 is 52.4 Å². The summed E-state index contributed by atoms with van der Waals surface area (Å²) in [6, 6.07) is 0. The van der Waals surface area contributed by atoms with E-state index in [1.165, 1.54) is 30.7 Å². The van der Waals surface area contributed by atoms with E-state index in [-0.39, 0.29) is 0 Å². The Bertz CT molecular complexity index is 601. The fourth-order valence-corrected chi connectivity index (χ4v) is 2.83. The molecule has 0 radical (unpaired) electrons. The summed E-state index contributed by atoms with van der Waals surface area (Å²) in [7, 11) is -7.07. The van der Waals surface area contributed by atoms with Crippen LogP contribution in [0, 0.1) is 0 Å². The van der Waals surface area contributed by atoms with Crippen molar-refractivity contribution in [3.05, 3.63) is 0 Å². The van der Waals surface area contributed by atoms with E-state index in [2.05, 4.69) is 27.7 Å². The van der Waals surface area contributed by atoms with Crippen LogP contribution in [0.4, 0.5) is 43.9 Å². The first-order valence-electron chi connectivity index (χ1n) is 8.78. The van der Waals surface area contributed by atoms with Gasteiger partial charge in [-0.3, -0.25) is 4.55 Å². The van der Waals surface area contributed by atoms with Crippen molar-refractivity contribution in [3.63, 3.8) is 0 Å². The van der Waals surface area contributed by atoms with E-state index >= 15 is 0 Å². The van der Waals surface area contributed by atoms with Crippen LogP contribution in [0.5, 0.6) is 0 Å². The Hall–Kier alpha value is -0.830. The Morgan fingerprint density at radius 1 is 0.800 bits per heavy atom. The van der Waals surface area contributed by atoms with E-state index in [1.807, 2.05) is 0 Å². The molecule has 0 aromatic heterocycles. The Kier molecular flexibility index (Phi) is 11.1. The van der Waals surface area contributed by atoms with Gasteiger partial charge in [-0.1, -0.05) is 0 Å². The standard InChI is InChI=1S/C8H20N.C7H6F10O3S/c1-5-9(6-2,7-3)8-4;8-3(1-2-4(9,10)11)5(12,13)6(14,15)7(16,17)21(18,19)20/h5-8H2,1-4H3;3H,1-2H2,(H,18,19,20)/q+1;. The van der Waals surface area contributed by atoms with Crippen molar-refractivity contribution in [2.45, 2.75) is 70.0 Å². The molecule has 0 amide bonds. The molecule has 30 heavy (non-hydrogen) atoms. The molecule has 0 aromatic rings. The first-order valence-corrected chi connectivity index (χ1v) is 10.2. The van der Waals surface area contributed by atoms with Crippen LogP contribution in [0.2, 0.25) is 0 Å². The van der Waals surface area contributed by atoms with Crippen molar-refractivity contribution >= 4 is 10.1 Å². The molecule has 0 aliphatic heterocycles. The summed E-state index contributed by atoms with van der Waals surface area (Å²) in [6.07, 6.45) is -14.3. The molecule has 0 aromatic carbocycles. The topological polar surface area (TPSA) is 54.4 Å². The third-order valence-electron chi connectivity index (χ3n) is 4.87. The molecular weight excluding hydrogens is 464 g/mol. The molecule has 0 saturated heterocycles. The van der Waals surface area contributed by atoms with E-state index in [0.29, 0.717) is 0 Å². The molecule has 0 fully saturated rings. The molecule has 1 unspecified atom stereocenters. The first kappa shape index (κ1) is 31.4. The number of quaternary nitrogens is 1. The molecule has 4 nitrogen and oxygen atoms in total. The molecule has 0 saturated carbocycles. The van der Waals surface area contributed by atoms with Gasteiger partial charge in [-0.25, -0.2) is 4.39 Å². The van der Waals surface area contributed by atoms with E-state index in [4.69, 9.17) is 4.55 Å². The predicted molar refractivity (Wildman–Crippen MR) is 89.0 cm³/mol. The summed E-state index contributed by atoms with van der Waals surface area (Å²) in [5, 5.41) is -6.80. The quantitative estimate of drug-likeness (QED) is 0.257. The molecule has 0 bridgehead atoms. The molecule has 15 heteroatoms. The molecule has 0 rings (SSSR count). The molecule has 0 aliphatic rings. The van der Waals surface area contributed by atoms with Crippen molar-refractivity contribution in [3.8, 4) is 0 Å². The van der Waals surface area contributed by atoms with Crippen LogP contribution in [0.15, 0.2) is 0 Å². The fraction of sp³-hybridized carbons (Fsp3) is 1.00. The zero-order valence-corrected chi connectivity index (χ0v) is 17.5. The fourth-order valence-electron chi connectivity index (χ4n) is 2.37. The minimum absolute atomic E-state index is 1.28. The maximum Gasteiger partial charge on any atom is 0.438 e. The van der Waals surface area contributed by atoms with Crippen LogP contribution in [0.25, 0.3) is 0 Å². The van der Waals surface area contributed by atoms with Gasteiger partial charge in [0.15, 0.2) is 6.17 Å². The van der Waals surface area contributed by atoms with Gasteiger partial charge in [0, 0.05) is 6.42 Å². The Labute approximate surface area is 168 Å². The lowest BCUT2D eigenvalue weighted by molar-refractivity contribution is -0.921. The first-order chi connectivity index (χ1) is 13.1. The van der Waals surface area contributed by atoms with Gasteiger partial charge in [0.05, 0.1) is 26.2 Å². The molecule has 0 heterocycles. The highest BCUT2D eigenvalue weighted by Crippen LogP contribution is 2.51. The largest absolute Gasteiger partial charge is 0.438 e. The lowest BCUT2D eigenvalue weighted by Crippen LogP contribution is -2.61. The van der Waals surface area contributed by atoms with E-state index in [9.17, 15) is 52.3 Å². The minimum Gasteiger partial charge on any atom is -0.325 e. The second-order valence-electron chi connectivity index (χ2n) is 6.42. The zero-order valence-electron chi connectivity index (χ0n) is 16.7. The third kappa shape index (κ3) is 7.39. The molecule has 0 spiro atoms. The predicted octanol–water partition coefficient (Wildman–Crippen LogP) is 5.30. The maximum absolute atomic E-state index is 12.8. The summed E-state index contributed by atoms with van der Waals surface area (Å²) in [4.78, 5) is 0. The van der Waals surface area contributed by atoms with Crippen molar-refractivity contribution in [2.75, 3.05) is 26.2 Å². The normalized spacial score (nSPS) is 15.4. The van der Waals surface area contributed by atoms with Crippen molar-refractivity contribution in [2.24, 2.45) is 0 Å². The highest BCUT2D eigenvalue weighted by molar-refractivity contribution is 7.87. The Balaban J connectivity index is 0. The number of halogens is 10. The van der Waals surface area contributed by atoms with Crippen molar-refractivity contribution in [1.29, 1.82) is 0 Å². The average molecular weight is 490 g/mol. The van der Waals surface area contributed by atoms with E-state index in [0.717, 1.165) is 0 Å². The van der Waals surface area contributed by atoms with Crippen LogP contribution in [-0.2, 0) is 10.1 Å². The average Bonchev–Trinajstić information content (AvgIpc) is 2.60. The number of nitrogens with zero attached hydrogens (tertiary/aromatic N) is 1. The maximum atomic E-state index is 12.8. The molecule has 1 atom stereocenters. The van der Waals surface area contributed by atoms with Crippen LogP contribution in [0.1, 0.15) is 40.5 Å². The zero-order chi connectivity index (χ0) is 24.8. The lowest BCUT2D eigenvalue weighted by Gasteiger charge is -2.34. The number of rotatable bonds is 10. The van der Waals surface area contributed by atoms with Gasteiger partial charge in [-0.05, 0) is 34.1 Å². The number of hydrogen-bond acceptors (Lipinski definition) is 2. The van der Waals surface area contributed by atoms with Crippen LogP contribution in [-0.4, -0.2) is 73.1 Å². The second-order valence-corrected chi connectivity index (χ2v) is 7.88. The summed E-state index contributed by atoms with van der Waals surface area (Å²) in [5.41, 5.74) is 0. The van der Waals surface area contributed by atoms with Crippen molar-refractivity contribution in [1.82, 2.24) is 0 Å². The van der Waals surface area contributed by atoms with Crippen LogP contribution >= 0.6 is 0 Å². The van der Waals surface area contributed by atoms with Gasteiger partial charge in [0.2, 0.25) is 0 Å². The highest BCUT2D eigenvalue weighted by Gasteiger charge is 2.79. The monoisotopic (exact) mass is 490 g/mol. The highest BCUT2D eigenvalue weighted by atomic mass is 32.2. The van der Waals surface area contributed by atoms with Gasteiger partial charge in [-0.2, -0.15) is 47.9 Å². The second kappa shape index (κ2) is 10.7. The lowest BCUT2D eigenvalue weighted by atomic mass is 10.0. The summed E-state index contributed by atoms with van der Waals surface area (Å²) in [6.45, 7) is 14.2. The number of alkyl halides is 10. The van der Waals surface area contributed by atoms with Gasteiger partial charge >= 0.3 is 33.4 Å². The van der Waals surface area contributed by atoms with Gasteiger partial charge in [0.1, 0.15) is 0 Å². The van der Waals surface area contributed by atoms with E-state index in [1.54, 1.807) is 0 Å².